The lowest BCUT2D eigenvalue weighted by molar-refractivity contribution is -0.0121. The molecule has 3 rings (SSSR count). The third kappa shape index (κ3) is 6.60. The number of ether oxygens (including phenoxy) is 1. The lowest BCUT2D eigenvalue weighted by atomic mass is 9.83. The van der Waals surface area contributed by atoms with Crippen molar-refractivity contribution in [2.75, 3.05) is 13.2 Å². The molecule has 2 atom stereocenters. The minimum atomic E-state index is -2.69. The summed E-state index contributed by atoms with van der Waals surface area (Å²) in [5.41, 5.74) is -0.522. The average molecular weight is 510 g/mol. The summed E-state index contributed by atoms with van der Waals surface area (Å²) < 4.78 is 13.2. The molecule has 0 saturated carbocycles. The van der Waals surface area contributed by atoms with Crippen LogP contribution in [0.4, 0.5) is 4.79 Å². The fourth-order valence-electron chi connectivity index (χ4n) is 5.76. The first-order valence-corrected chi connectivity index (χ1v) is 15.5. The summed E-state index contributed by atoms with van der Waals surface area (Å²) >= 11 is 0. The van der Waals surface area contributed by atoms with Crippen molar-refractivity contribution >= 4 is 24.8 Å². The molecule has 1 heterocycles. The van der Waals surface area contributed by atoms with Crippen molar-refractivity contribution in [3.8, 4) is 0 Å². The lowest BCUT2D eigenvalue weighted by Gasteiger charge is -2.47. The molecule has 0 aliphatic carbocycles. The van der Waals surface area contributed by atoms with Gasteiger partial charge in [0.2, 0.25) is 0 Å². The van der Waals surface area contributed by atoms with E-state index < -0.39 is 13.9 Å². The lowest BCUT2D eigenvalue weighted by Crippen LogP contribution is -2.68. The van der Waals surface area contributed by atoms with Gasteiger partial charge in [-0.25, -0.2) is 4.79 Å². The zero-order chi connectivity index (χ0) is 26.6. The average Bonchev–Trinajstić information content (AvgIpc) is 2.79. The molecular weight excluding hydrogens is 462 g/mol. The minimum absolute atomic E-state index is 0.00218. The van der Waals surface area contributed by atoms with Gasteiger partial charge in [-0.3, -0.25) is 0 Å². The highest BCUT2D eigenvalue weighted by atomic mass is 28.4. The maximum Gasteiger partial charge on any atom is 0.410 e. The number of piperidine rings is 1. The van der Waals surface area contributed by atoms with Crippen molar-refractivity contribution in [3.05, 3.63) is 60.7 Å². The number of nitrogens with zero attached hydrogens (tertiary/aromatic N) is 1. The first-order valence-electron chi connectivity index (χ1n) is 13.6. The molecule has 198 valence electrons. The highest BCUT2D eigenvalue weighted by Gasteiger charge is 2.51. The Morgan fingerprint density at radius 2 is 1.47 bits per heavy atom. The van der Waals surface area contributed by atoms with Gasteiger partial charge in [0.15, 0.2) is 0 Å². The van der Waals surface area contributed by atoms with Crippen LogP contribution in [0, 0.1) is 11.8 Å². The number of carbonyl (C=O) groups excluding carboxylic acids is 1. The quantitative estimate of drug-likeness (QED) is 0.394. The molecule has 1 aliphatic rings. The molecule has 1 aliphatic heterocycles. The Morgan fingerprint density at radius 3 is 1.92 bits per heavy atom. The van der Waals surface area contributed by atoms with Crippen LogP contribution in [-0.4, -0.2) is 44.1 Å². The Balaban J connectivity index is 2.05. The molecule has 36 heavy (non-hydrogen) atoms. The second kappa shape index (κ2) is 11.5. The molecule has 1 fully saturated rings. The monoisotopic (exact) mass is 509 g/mol. The van der Waals surface area contributed by atoms with Gasteiger partial charge in [0.25, 0.3) is 8.32 Å². The Kier molecular flexibility index (Phi) is 9.10. The van der Waals surface area contributed by atoms with Crippen molar-refractivity contribution in [1.82, 2.24) is 4.90 Å². The van der Waals surface area contributed by atoms with Gasteiger partial charge in [0.1, 0.15) is 5.60 Å². The number of hydrogen-bond donors (Lipinski definition) is 0. The first-order chi connectivity index (χ1) is 16.8. The molecule has 0 aromatic heterocycles. The van der Waals surface area contributed by atoms with Crippen molar-refractivity contribution in [2.24, 2.45) is 11.8 Å². The van der Waals surface area contributed by atoms with Crippen LogP contribution in [-0.2, 0) is 9.16 Å². The third-order valence-electron chi connectivity index (χ3n) is 7.21. The normalized spacial score (nSPS) is 19.4. The van der Waals surface area contributed by atoms with Gasteiger partial charge in [-0.1, -0.05) is 95.3 Å². The van der Waals surface area contributed by atoms with E-state index in [0.29, 0.717) is 18.4 Å². The molecule has 1 amide bonds. The number of benzene rings is 2. The predicted molar refractivity (Wildman–Crippen MR) is 152 cm³/mol. The van der Waals surface area contributed by atoms with Gasteiger partial charge >= 0.3 is 6.09 Å². The van der Waals surface area contributed by atoms with Gasteiger partial charge in [0.05, 0.1) is 12.6 Å². The minimum Gasteiger partial charge on any atom is -0.444 e. The Hall–Kier alpha value is -2.11. The van der Waals surface area contributed by atoms with E-state index in [1.807, 2.05) is 25.7 Å². The summed E-state index contributed by atoms with van der Waals surface area (Å²) in [5.74, 6) is 0.952. The smallest absolute Gasteiger partial charge is 0.410 e. The predicted octanol–water partition coefficient (Wildman–Crippen LogP) is 6.62. The zero-order valence-electron chi connectivity index (χ0n) is 23.7. The Labute approximate surface area is 220 Å². The number of hydrogen-bond acceptors (Lipinski definition) is 3. The Morgan fingerprint density at radius 1 is 0.944 bits per heavy atom. The number of likely N-dealkylation sites (tertiary alicyclic amines) is 1. The van der Waals surface area contributed by atoms with E-state index in [1.54, 1.807) is 0 Å². The fraction of sp³-hybridized carbons (Fsp3) is 0.581. The summed E-state index contributed by atoms with van der Waals surface area (Å²) in [6.45, 7) is 18.5. The van der Waals surface area contributed by atoms with Crippen molar-refractivity contribution in [1.29, 1.82) is 0 Å². The third-order valence-corrected chi connectivity index (χ3v) is 12.2. The molecular formula is C31H47NO3Si. The number of rotatable bonds is 7. The summed E-state index contributed by atoms with van der Waals surface area (Å²) in [5, 5.41) is 2.43. The van der Waals surface area contributed by atoms with Crippen molar-refractivity contribution in [2.45, 2.75) is 91.3 Å². The Bertz CT molecular complexity index is 923. The van der Waals surface area contributed by atoms with Gasteiger partial charge < -0.3 is 14.1 Å². The summed E-state index contributed by atoms with van der Waals surface area (Å²) in [6.07, 6.45) is 2.99. The highest BCUT2D eigenvalue weighted by Crippen LogP contribution is 2.38. The fourth-order valence-corrected chi connectivity index (χ4v) is 10.3. The molecule has 2 aromatic carbocycles. The van der Waals surface area contributed by atoms with Crippen LogP contribution in [0.2, 0.25) is 5.04 Å². The van der Waals surface area contributed by atoms with E-state index in [0.717, 1.165) is 25.8 Å². The maximum absolute atomic E-state index is 13.4. The zero-order valence-corrected chi connectivity index (χ0v) is 24.7. The van der Waals surface area contributed by atoms with E-state index in [2.05, 4.69) is 95.3 Å². The highest BCUT2D eigenvalue weighted by molar-refractivity contribution is 6.99. The molecule has 0 spiro atoms. The molecule has 0 N–H and O–H groups in total. The van der Waals surface area contributed by atoms with Crippen LogP contribution < -0.4 is 10.4 Å². The van der Waals surface area contributed by atoms with Gasteiger partial charge in [0, 0.05) is 6.54 Å². The molecule has 2 unspecified atom stereocenters. The topological polar surface area (TPSA) is 38.8 Å². The second-order valence-electron chi connectivity index (χ2n) is 12.7. The van der Waals surface area contributed by atoms with Crippen LogP contribution in [0.25, 0.3) is 0 Å². The largest absolute Gasteiger partial charge is 0.444 e. The van der Waals surface area contributed by atoms with Crippen molar-refractivity contribution in [3.63, 3.8) is 0 Å². The number of amides is 1. The maximum atomic E-state index is 13.4. The molecule has 4 nitrogen and oxygen atoms in total. The molecule has 5 heteroatoms. The van der Waals surface area contributed by atoms with E-state index in [4.69, 9.17) is 9.16 Å². The molecule has 1 saturated heterocycles. The van der Waals surface area contributed by atoms with Gasteiger partial charge in [-0.15, -0.1) is 0 Å². The van der Waals surface area contributed by atoms with Crippen molar-refractivity contribution < 1.29 is 14.0 Å². The molecule has 0 bridgehead atoms. The van der Waals surface area contributed by atoms with Crippen LogP contribution >= 0.6 is 0 Å². The molecule has 0 radical (unpaired) electrons. The van der Waals surface area contributed by atoms with Gasteiger partial charge in [-0.2, -0.15) is 0 Å². The summed E-state index contributed by atoms with van der Waals surface area (Å²) in [6, 6.07) is 21.5. The molecule has 2 aromatic rings. The first kappa shape index (κ1) is 28.5. The van der Waals surface area contributed by atoms with E-state index >= 15 is 0 Å². The van der Waals surface area contributed by atoms with E-state index in [9.17, 15) is 4.79 Å². The van der Waals surface area contributed by atoms with Crippen LogP contribution in [0.5, 0.6) is 0 Å². The standard InChI is InChI=1S/C31H47NO3Si/c1-24(2)22-25-16-15-21-32(29(33)35-30(3,4)5)28(25)23-34-36(31(6,7)8,26-17-11-9-12-18-26)27-19-13-10-14-20-27/h9-14,17-20,24-25,28H,15-16,21-23H2,1-8H3. The SMILES string of the molecule is CC(C)CC1CCCN(C(=O)OC(C)(C)C)C1CO[Si](c1ccccc1)(c1ccccc1)C(C)(C)C. The number of carbonyl (C=O) groups is 1. The van der Waals surface area contributed by atoms with Gasteiger partial charge in [-0.05, 0) is 67.3 Å². The second-order valence-corrected chi connectivity index (χ2v) is 17.1. The van der Waals surface area contributed by atoms with E-state index in [1.165, 1.54) is 10.4 Å². The van der Waals surface area contributed by atoms with Crippen LogP contribution in [0.3, 0.4) is 0 Å². The van der Waals surface area contributed by atoms with E-state index in [-0.39, 0.29) is 17.2 Å². The van der Waals surface area contributed by atoms with Crippen LogP contribution in [0.1, 0.15) is 74.7 Å². The van der Waals surface area contributed by atoms with Crippen LogP contribution in [0.15, 0.2) is 60.7 Å². The summed E-state index contributed by atoms with van der Waals surface area (Å²) in [7, 11) is -2.69. The summed E-state index contributed by atoms with van der Waals surface area (Å²) in [4.78, 5) is 15.3.